The number of cyclic esters (lactones) is 1. The summed E-state index contributed by atoms with van der Waals surface area (Å²) in [6, 6.07) is -1.03. The second kappa shape index (κ2) is 21.6. The van der Waals surface area contributed by atoms with Crippen molar-refractivity contribution in [3.63, 3.8) is 0 Å². The number of amides is 1. The van der Waals surface area contributed by atoms with Crippen LogP contribution in [0.2, 0.25) is 18.1 Å². The van der Waals surface area contributed by atoms with Crippen LogP contribution in [0.15, 0.2) is 23.3 Å². The summed E-state index contributed by atoms with van der Waals surface area (Å²) in [5, 5.41) is 12.2. The highest BCUT2D eigenvalue weighted by Crippen LogP contribution is 2.42. The second-order valence-corrected chi connectivity index (χ2v) is 25.4. The SMILES string of the molecule is COC1CC(C=C(C)C2OC(=O)C3CCCCN3C(=O)C(=O)C3(O)OC(C(OC)CC(C)CC(C)=CC(C)C(=O)CCC2C)C(OC)CC3C)CCC1O[Si](C)(C)C(C)(C)C. The van der Waals surface area contributed by atoms with Gasteiger partial charge in [0.05, 0.1) is 24.4 Å². The van der Waals surface area contributed by atoms with Crippen molar-refractivity contribution < 1.29 is 52.4 Å². The van der Waals surface area contributed by atoms with Gasteiger partial charge in [-0.25, -0.2) is 4.79 Å². The van der Waals surface area contributed by atoms with Gasteiger partial charge in [-0.3, -0.25) is 14.4 Å². The Morgan fingerprint density at radius 2 is 1.52 bits per heavy atom. The zero-order chi connectivity index (χ0) is 45.6. The fourth-order valence-corrected chi connectivity index (χ4v) is 11.2. The molecule has 1 saturated carbocycles. The Morgan fingerprint density at radius 3 is 2.15 bits per heavy atom. The molecule has 61 heavy (non-hydrogen) atoms. The van der Waals surface area contributed by atoms with Gasteiger partial charge in [0.25, 0.3) is 11.7 Å². The molecule has 0 aromatic rings. The van der Waals surface area contributed by atoms with Gasteiger partial charge in [-0.15, -0.1) is 0 Å². The first-order valence-corrected chi connectivity index (χ1v) is 26.0. The fraction of sp³-hybridized carbons (Fsp3) is 0.833. The minimum absolute atomic E-state index is 0.00183. The van der Waals surface area contributed by atoms with Crippen molar-refractivity contribution in [3.8, 4) is 0 Å². The first kappa shape index (κ1) is 51.4. The highest BCUT2D eigenvalue weighted by atomic mass is 28.4. The lowest BCUT2D eigenvalue weighted by Crippen LogP contribution is -2.64. The number of allylic oxidation sites excluding steroid dienone is 3. The van der Waals surface area contributed by atoms with Crippen LogP contribution in [0.25, 0.3) is 0 Å². The molecule has 3 aliphatic heterocycles. The first-order valence-electron chi connectivity index (χ1n) is 23.1. The van der Waals surface area contributed by atoms with E-state index in [4.69, 9.17) is 28.1 Å². The number of carbonyl (C=O) groups is 4. The number of carbonyl (C=O) groups excluding carboxylic acids is 4. The quantitative estimate of drug-likeness (QED) is 0.114. The molecule has 1 N–H and O–H groups in total. The molecular formula is C48H81NO11Si. The van der Waals surface area contributed by atoms with Gasteiger partial charge >= 0.3 is 5.97 Å². The maximum absolute atomic E-state index is 14.4. The summed E-state index contributed by atoms with van der Waals surface area (Å²) in [5.41, 5.74) is 1.95. The summed E-state index contributed by atoms with van der Waals surface area (Å²) in [5.74, 6) is -6.10. The van der Waals surface area contributed by atoms with Crippen LogP contribution < -0.4 is 0 Å². The third kappa shape index (κ3) is 12.5. The van der Waals surface area contributed by atoms with Crippen molar-refractivity contribution in [3.05, 3.63) is 23.3 Å². The van der Waals surface area contributed by atoms with Gasteiger partial charge < -0.3 is 38.1 Å². The van der Waals surface area contributed by atoms with Crippen molar-refractivity contribution in [1.29, 1.82) is 0 Å². The molecule has 3 heterocycles. The molecule has 13 heteroatoms. The Labute approximate surface area is 368 Å². The number of esters is 1. The predicted octanol–water partition coefficient (Wildman–Crippen LogP) is 8.14. The summed E-state index contributed by atoms with van der Waals surface area (Å²) in [6.45, 7) is 23.1. The zero-order valence-electron chi connectivity index (χ0n) is 40.0. The van der Waals surface area contributed by atoms with E-state index in [1.54, 1.807) is 28.3 Å². The molecule has 1 aliphatic carbocycles. The van der Waals surface area contributed by atoms with Crippen LogP contribution in [-0.4, -0.2) is 118 Å². The summed E-state index contributed by atoms with van der Waals surface area (Å²) < 4.78 is 37.4. The van der Waals surface area contributed by atoms with Gasteiger partial charge in [0, 0.05) is 46.1 Å². The van der Waals surface area contributed by atoms with Crippen LogP contribution in [0, 0.1) is 29.6 Å². The van der Waals surface area contributed by atoms with Crippen molar-refractivity contribution in [2.45, 2.75) is 200 Å². The molecule has 13 unspecified atom stereocenters. The number of aliphatic hydroxyl groups is 1. The lowest BCUT2D eigenvalue weighted by atomic mass is 9.82. The molecule has 0 aromatic heterocycles. The van der Waals surface area contributed by atoms with Crippen LogP contribution >= 0.6 is 0 Å². The molecule has 2 saturated heterocycles. The average molecular weight is 876 g/mol. The number of ether oxygens (including phenoxy) is 5. The van der Waals surface area contributed by atoms with Crippen LogP contribution in [-0.2, 0) is 47.3 Å². The summed E-state index contributed by atoms with van der Waals surface area (Å²) >= 11 is 0. The number of ketones is 2. The maximum atomic E-state index is 14.4. The molecule has 3 fully saturated rings. The minimum atomic E-state index is -2.46. The van der Waals surface area contributed by atoms with Crippen LogP contribution in [0.5, 0.6) is 0 Å². The number of hydrogen-bond acceptors (Lipinski definition) is 11. The third-order valence-corrected chi connectivity index (χ3v) is 19.2. The maximum Gasteiger partial charge on any atom is 0.329 e. The van der Waals surface area contributed by atoms with Gasteiger partial charge in [0.1, 0.15) is 24.0 Å². The van der Waals surface area contributed by atoms with Gasteiger partial charge in [0.2, 0.25) is 5.79 Å². The number of methoxy groups -OCH3 is 3. The fourth-order valence-electron chi connectivity index (χ4n) is 9.85. The molecule has 1 amide bonds. The molecule has 4 rings (SSSR count). The third-order valence-electron chi connectivity index (χ3n) is 14.7. The number of nitrogens with zero attached hydrogens (tertiary/aromatic N) is 1. The number of hydrogen-bond donors (Lipinski definition) is 1. The van der Waals surface area contributed by atoms with E-state index < -0.39 is 68.1 Å². The summed E-state index contributed by atoms with van der Waals surface area (Å²) in [7, 11) is 2.83. The number of Topliss-reactive ketones (excluding diaryl/α,β-unsaturated/α-hetero) is 2. The van der Waals surface area contributed by atoms with Crippen molar-refractivity contribution in [1.82, 2.24) is 4.90 Å². The van der Waals surface area contributed by atoms with Crippen molar-refractivity contribution >= 4 is 31.8 Å². The number of rotatable bonds is 7. The van der Waals surface area contributed by atoms with E-state index in [9.17, 15) is 24.3 Å². The topological polar surface area (TPSA) is 147 Å². The largest absolute Gasteiger partial charge is 0.456 e. The molecular weight excluding hydrogens is 795 g/mol. The second-order valence-electron chi connectivity index (χ2n) is 20.7. The molecule has 12 nitrogen and oxygen atoms in total. The number of piperidine rings is 1. The molecule has 0 radical (unpaired) electrons. The normalized spacial score (nSPS) is 37.7. The number of fused-ring (bicyclic) bond motifs is 3. The van der Waals surface area contributed by atoms with Gasteiger partial charge in [-0.1, -0.05) is 66.2 Å². The van der Waals surface area contributed by atoms with Crippen LogP contribution in [0.4, 0.5) is 0 Å². The van der Waals surface area contributed by atoms with E-state index in [2.05, 4.69) is 46.9 Å². The van der Waals surface area contributed by atoms with E-state index in [1.165, 1.54) is 4.90 Å². The summed E-state index contributed by atoms with van der Waals surface area (Å²) in [6.07, 6.45) is 7.86. The Kier molecular flexibility index (Phi) is 18.2. The van der Waals surface area contributed by atoms with Crippen molar-refractivity contribution in [2.75, 3.05) is 27.9 Å². The molecule has 0 spiro atoms. The average Bonchev–Trinajstić information content (AvgIpc) is 3.20. The molecule has 4 aliphatic rings. The predicted molar refractivity (Wildman–Crippen MR) is 238 cm³/mol. The van der Waals surface area contributed by atoms with E-state index in [0.717, 1.165) is 30.4 Å². The molecule has 2 bridgehead atoms. The van der Waals surface area contributed by atoms with Crippen LogP contribution in [0.1, 0.15) is 133 Å². The van der Waals surface area contributed by atoms with E-state index in [0.29, 0.717) is 44.9 Å². The Bertz CT molecular complexity index is 1590. The Balaban J connectivity index is 1.69. The standard InChI is InChI=1S/C48H81NO11Si/c1-29-23-30(2)25-40(56-11)43-41(57-12)27-34(6)48(54,59-43)44(51)45(52)49-22-16-15-17-36(49)46(53)58-42(31(3)18-20-37(50)32(4)24-29)33(5)26-35-19-21-38(39(28-35)55-10)60-61(13,14)47(7,8)9/h24,26,30-32,34-36,38-43,54H,15-23,25,27-28H2,1-14H3. The first-order chi connectivity index (χ1) is 28.5. The minimum Gasteiger partial charge on any atom is -0.456 e. The zero-order valence-corrected chi connectivity index (χ0v) is 41.0. The van der Waals surface area contributed by atoms with Crippen LogP contribution in [0.3, 0.4) is 0 Å². The highest BCUT2D eigenvalue weighted by molar-refractivity contribution is 6.74. The van der Waals surface area contributed by atoms with E-state index in [-0.39, 0.29) is 59.7 Å². The highest BCUT2D eigenvalue weighted by Gasteiger charge is 2.56. The molecule has 348 valence electrons. The van der Waals surface area contributed by atoms with Crippen molar-refractivity contribution in [2.24, 2.45) is 29.6 Å². The smallest absolute Gasteiger partial charge is 0.329 e. The lowest BCUT2D eigenvalue weighted by Gasteiger charge is -2.47. The van der Waals surface area contributed by atoms with Gasteiger partial charge in [-0.05, 0) is 120 Å². The van der Waals surface area contributed by atoms with Gasteiger partial charge in [-0.2, -0.15) is 0 Å². The summed E-state index contributed by atoms with van der Waals surface area (Å²) in [4.78, 5) is 58.0. The lowest BCUT2D eigenvalue weighted by molar-refractivity contribution is -0.302. The Hall–Kier alpha value is -2.26. The monoisotopic (exact) mass is 876 g/mol. The molecule has 0 aromatic carbocycles. The van der Waals surface area contributed by atoms with E-state index >= 15 is 0 Å². The van der Waals surface area contributed by atoms with Gasteiger partial charge in [0.15, 0.2) is 8.32 Å². The Morgan fingerprint density at radius 1 is 0.885 bits per heavy atom. The van der Waals surface area contributed by atoms with E-state index in [1.807, 2.05) is 33.8 Å². The molecule has 13 atom stereocenters.